The fourth-order valence-electron chi connectivity index (χ4n) is 3.54. The third kappa shape index (κ3) is 4.22. The average Bonchev–Trinajstić information content (AvgIpc) is 2.98. The van der Waals surface area contributed by atoms with Gasteiger partial charge in [-0.25, -0.2) is 13.6 Å². The molecule has 0 radical (unpaired) electrons. The molecule has 3 rings (SSSR count). The lowest BCUT2D eigenvalue weighted by Crippen LogP contribution is -2.43. The largest absolute Gasteiger partial charge is 0.353 e. The number of hydrogen-bond donors (Lipinski definition) is 3. The van der Waals surface area contributed by atoms with Crippen molar-refractivity contribution < 1.29 is 18.0 Å². The fourth-order valence-corrected chi connectivity index (χ4v) is 4.10. The maximum atomic E-state index is 12.5. The normalized spacial score (nSPS) is 26.8. The summed E-state index contributed by atoms with van der Waals surface area (Å²) in [6.07, 6.45) is 3.60. The van der Waals surface area contributed by atoms with Crippen LogP contribution in [0.25, 0.3) is 0 Å². The van der Waals surface area contributed by atoms with Gasteiger partial charge in [0.05, 0.1) is 10.8 Å². The van der Waals surface area contributed by atoms with Crippen molar-refractivity contribution >= 4 is 27.5 Å². The summed E-state index contributed by atoms with van der Waals surface area (Å²) in [5, 5.41) is 8.16. The van der Waals surface area contributed by atoms with Gasteiger partial charge in [0.15, 0.2) is 0 Å². The minimum atomic E-state index is -3.85. The third-order valence-electron chi connectivity index (χ3n) is 5.07. The first kappa shape index (κ1) is 18.8. The summed E-state index contributed by atoms with van der Waals surface area (Å²) >= 11 is 0. The molecule has 1 aromatic rings. The SMILES string of the molecule is NC1CCC(NC(=O)C2CC(=O)N(c3cccc(S(N)(=O)=O)c3)C2)CC1. The van der Waals surface area contributed by atoms with Crippen molar-refractivity contribution in [3.8, 4) is 0 Å². The minimum Gasteiger partial charge on any atom is -0.353 e. The first-order valence-corrected chi connectivity index (χ1v) is 10.3. The van der Waals surface area contributed by atoms with Crippen molar-refractivity contribution in [1.29, 1.82) is 0 Å². The van der Waals surface area contributed by atoms with Gasteiger partial charge in [0.2, 0.25) is 21.8 Å². The third-order valence-corrected chi connectivity index (χ3v) is 5.98. The summed E-state index contributed by atoms with van der Waals surface area (Å²) in [6, 6.07) is 6.21. The van der Waals surface area contributed by atoms with Crippen LogP contribution in [0.4, 0.5) is 5.69 Å². The molecule has 0 bridgehead atoms. The number of carbonyl (C=O) groups is 2. The van der Waals surface area contributed by atoms with E-state index >= 15 is 0 Å². The van der Waals surface area contributed by atoms with Crippen LogP contribution in [0.5, 0.6) is 0 Å². The van der Waals surface area contributed by atoms with Gasteiger partial charge in [-0.3, -0.25) is 9.59 Å². The molecular weight excluding hydrogens is 356 g/mol. The number of hydrogen-bond acceptors (Lipinski definition) is 5. The molecule has 1 aliphatic carbocycles. The Kier molecular flexibility index (Phi) is 5.31. The molecule has 9 heteroatoms. The van der Waals surface area contributed by atoms with Crippen LogP contribution in [0, 0.1) is 5.92 Å². The van der Waals surface area contributed by atoms with Crippen LogP contribution in [0.1, 0.15) is 32.1 Å². The molecule has 1 atom stereocenters. The van der Waals surface area contributed by atoms with E-state index < -0.39 is 15.9 Å². The molecule has 1 unspecified atom stereocenters. The second kappa shape index (κ2) is 7.34. The van der Waals surface area contributed by atoms with Crippen molar-refractivity contribution in [2.75, 3.05) is 11.4 Å². The van der Waals surface area contributed by atoms with Crippen LogP contribution >= 0.6 is 0 Å². The van der Waals surface area contributed by atoms with E-state index in [2.05, 4.69) is 5.32 Å². The summed E-state index contributed by atoms with van der Waals surface area (Å²) in [4.78, 5) is 26.2. The molecule has 1 saturated heterocycles. The van der Waals surface area contributed by atoms with Gasteiger partial charge in [0, 0.05) is 30.7 Å². The van der Waals surface area contributed by atoms with Gasteiger partial charge in [-0.1, -0.05) is 6.07 Å². The number of amides is 2. The predicted octanol–water partition coefficient (Wildman–Crippen LogP) is 0.0730. The van der Waals surface area contributed by atoms with E-state index in [1.807, 2.05) is 0 Å². The van der Waals surface area contributed by atoms with Gasteiger partial charge in [-0.15, -0.1) is 0 Å². The monoisotopic (exact) mass is 380 g/mol. The highest BCUT2D eigenvalue weighted by Crippen LogP contribution is 2.27. The molecule has 1 heterocycles. The highest BCUT2D eigenvalue weighted by Gasteiger charge is 2.36. The molecule has 26 heavy (non-hydrogen) atoms. The first-order valence-electron chi connectivity index (χ1n) is 8.73. The molecule has 0 spiro atoms. The number of nitrogens with two attached hydrogens (primary N) is 2. The Morgan fingerprint density at radius 3 is 2.54 bits per heavy atom. The van der Waals surface area contributed by atoms with Crippen molar-refractivity contribution in [3.05, 3.63) is 24.3 Å². The summed E-state index contributed by atoms with van der Waals surface area (Å²) in [6.45, 7) is 0.227. The van der Waals surface area contributed by atoms with Crippen molar-refractivity contribution in [1.82, 2.24) is 5.32 Å². The first-order chi connectivity index (χ1) is 12.2. The Bertz CT molecular complexity index is 803. The van der Waals surface area contributed by atoms with Crippen LogP contribution in [0.15, 0.2) is 29.2 Å². The predicted molar refractivity (Wildman–Crippen MR) is 96.6 cm³/mol. The number of carbonyl (C=O) groups excluding carboxylic acids is 2. The Morgan fingerprint density at radius 1 is 1.19 bits per heavy atom. The van der Waals surface area contributed by atoms with Gasteiger partial charge in [-0.2, -0.15) is 0 Å². The molecule has 1 aromatic carbocycles. The van der Waals surface area contributed by atoms with E-state index in [0.29, 0.717) is 5.69 Å². The smallest absolute Gasteiger partial charge is 0.238 e. The number of primary sulfonamides is 1. The molecule has 2 fully saturated rings. The number of rotatable bonds is 4. The van der Waals surface area contributed by atoms with E-state index in [1.54, 1.807) is 6.07 Å². The maximum absolute atomic E-state index is 12.5. The van der Waals surface area contributed by atoms with Crippen LogP contribution in [-0.4, -0.2) is 38.9 Å². The van der Waals surface area contributed by atoms with E-state index in [9.17, 15) is 18.0 Å². The van der Waals surface area contributed by atoms with E-state index in [1.165, 1.54) is 23.1 Å². The summed E-state index contributed by atoms with van der Waals surface area (Å²) < 4.78 is 23.0. The van der Waals surface area contributed by atoms with Crippen LogP contribution in [0.2, 0.25) is 0 Å². The lowest BCUT2D eigenvalue weighted by Gasteiger charge is -2.27. The lowest BCUT2D eigenvalue weighted by atomic mass is 9.91. The quantitative estimate of drug-likeness (QED) is 0.679. The lowest BCUT2D eigenvalue weighted by molar-refractivity contribution is -0.127. The van der Waals surface area contributed by atoms with Crippen molar-refractivity contribution in [2.45, 2.75) is 49.1 Å². The van der Waals surface area contributed by atoms with Crippen LogP contribution in [0.3, 0.4) is 0 Å². The number of sulfonamides is 1. The van der Waals surface area contributed by atoms with Crippen LogP contribution in [-0.2, 0) is 19.6 Å². The summed E-state index contributed by atoms with van der Waals surface area (Å²) in [5.41, 5.74) is 6.31. The van der Waals surface area contributed by atoms with E-state index in [-0.39, 0.29) is 41.8 Å². The zero-order valence-electron chi connectivity index (χ0n) is 14.4. The number of nitrogens with one attached hydrogen (secondary N) is 1. The Hall–Kier alpha value is -1.97. The molecule has 1 saturated carbocycles. The Labute approximate surface area is 153 Å². The topological polar surface area (TPSA) is 136 Å². The fraction of sp³-hybridized carbons (Fsp3) is 0.529. The summed E-state index contributed by atoms with van der Waals surface area (Å²) in [7, 11) is -3.85. The van der Waals surface area contributed by atoms with Crippen molar-refractivity contribution in [3.63, 3.8) is 0 Å². The van der Waals surface area contributed by atoms with Gasteiger partial charge in [0.25, 0.3) is 0 Å². The molecular formula is C17H24N4O4S. The van der Waals surface area contributed by atoms with E-state index in [0.717, 1.165) is 25.7 Å². The van der Waals surface area contributed by atoms with Gasteiger partial charge < -0.3 is 16.0 Å². The standard InChI is InChI=1S/C17H24N4O4S/c18-12-4-6-13(7-5-12)20-17(23)11-8-16(22)21(10-11)14-2-1-3-15(9-14)26(19,24)25/h1-3,9,11-13H,4-8,10,18H2,(H,20,23)(H2,19,24,25). The zero-order valence-corrected chi connectivity index (χ0v) is 15.2. The second-order valence-electron chi connectivity index (χ2n) is 7.07. The Morgan fingerprint density at radius 2 is 1.88 bits per heavy atom. The van der Waals surface area contributed by atoms with Crippen molar-refractivity contribution in [2.24, 2.45) is 16.8 Å². The number of benzene rings is 1. The van der Waals surface area contributed by atoms with Crippen LogP contribution < -0.4 is 21.1 Å². The molecule has 1 aliphatic heterocycles. The number of nitrogens with zero attached hydrogens (tertiary/aromatic N) is 1. The molecule has 142 valence electrons. The highest BCUT2D eigenvalue weighted by molar-refractivity contribution is 7.89. The minimum absolute atomic E-state index is 0.0609. The Balaban J connectivity index is 1.66. The second-order valence-corrected chi connectivity index (χ2v) is 8.63. The molecule has 5 N–H and O–H groups in total. The maximum Gasteiger partial charge on any atom is 0.238 e. The molecule has 0 aromatic heterocycles. The average molecular weight is 380 g/mol. The highest BCUT2D eigenvalue weighted by atomic mass is 32.2. The van der Waals surface area contributed by atoms with Gasteiger partial charge in [0.1, 0.15) is 0 Å². The zero-order chi connectivity index (χ0) is 18.9. The van der Waals surface area contributed by atoms with Gasteiger partial charge in [-0.05, 0) is 43.9 Å². The van der Waals surface area contributed by atoms with E-state index in [4.69, 9.17) is 10.9 Å². The van der Waals surface area contributed by atoms with Gasteiger partial charge >= 0.3 is 0 Å². The molecule has 2 aliphatic rings. The molecule has 8 nitrogen and oxygen atoms in total. The summed E-state index contributed by atoms with van der Waals surface area (Å²) in [5.74, 6) is -0.789. The molecule has 2 amide bonds. The number of anilines is 1.